The lowest BCUT2D eigenvalue weighted by molar-refractivity contribution is -0.135. The molecule has 1 saturated carbocycles. The van der Waals surface area contributed by atoms with E-state index in [4.69, 9.17) is 4.74 Å². The molecule has 1 saturated heterocycles. The fourth-order valence-electron chi connectivity index (χ4n) is 3.00. The van der Waals surface area contributed by atoms with E-state index >= 15 is 0 Å². The average molecular weight is 304 g/mol. The molecule has 0 aromatic rings. The van der Waals surface area contributed by atoms with Crippen LogP contribution < -0.4 is 4.72 Å². The monoisotopic (exact) mass is 304 g/mol. The summed E-state index contributed by atoms with van der Waals surface area (Å²) in [5.74, 6) is -0.131. The van der Waals surface area contributed by atoms with Gasteiger partial charge in [-0.25, -0.2) is 13.1 Å². The molecule has 1 amide bonds. The first-order valence-corrected chi connectivity index (χ1v) is 8.85. The Balaban J connectivity index is 1.94. The van der Waals surface area contributed by atoms with Gasteiger partial charge in [-0.3, -0.25) is 4.79 Å². The molecule has 1 aliphatic carbocycles. The SMILES string of the molecule is COCC(=O)N1CCC[C@@H](S(=O)(=O)NC2CCCC2)C1. The largest absolute Gasteiger partial charge is 0.375 e. The maximum Gasteiger partial charge on any atom is 0.248 e. The molecule has 6 nitrogen and oxygen atoms in total. The van der Waals surface area contributed by atoms with E-state index in [0.29, 0.717) is 13.0 Å². The third-order valence-electron chi connectivity index (χ3n) is 4.12. The van der Waals surface area contributed by atoms with Gasteiger partial charge < -0.3 is 9.64 Å². The van der Waals surface area contributed by atoms with Gasteiger partial charge in [-0.05, 0) is 25.7 Å². The first kappa shape index (κ1) is 15.7. The number of carbonyl (C=O) groups is 1. The fraction of sp³-hybridized carbons (Fsp3) is 0.923. The van der Waals surface area contributed by atoms with Gasteiger partial charge in [-0.15, -0.1) is 0 Å². The number of nitrogens with zero attached hydrogens (tertiary/aromatic N) is 1. The molecule has 0 spiro atoms. The molecule has 20 heavy (non-hydrogen) atoms. The highest BCUT2D eigenvalue weighted by Gasteiger charge is 2.34. The molecule has 1 N–H and O–H groups in total. The second-order valence-corrected chi connectivity index (χ2v) is 7.67. The standard InChI is InChI=1S/C13H24N2O4S/c1-19-10-13(16)15-8-4-7-12(9-15)20(17,18)14-11-5-2-3-6-11/h11-12,14H,2-10H2,1H3/t12-/m1/s1. The number of hydrogen-bond acceptors (Lipinski definition) is 4. The number of rotatable bonds is 5. The summed E-state index contributed by atoms with van der Waals surface area (Å²) in [4.78, 5) is 13.4. The van der Waals surface area contributed by atoms with Crippen molar-refractivity contribution < 1.29 is 17.9 Å². The Morgan fingerprint density at radius 1 is 1.25 bits per heavy atom. The van der Waals surface area contributed by atoms with Crippen molar-refractivity contribution in [2.45, 2.75) is 49.8 Å². The van der Waals surface area contributed by atoms with Crippen LogP contribution in [0.2, 0.25) is 0 Å². The van der Waals surface area contributed by atoms with Crippen molar-refractivity contribution in [2.75, 3.05) is 26.8 Å². The van der Waals surface area contributed by atoms with Gasteiger partial charge in [0.25, 0.3) is 0 Å². The summed E-state index contributed by atoms with van der Waals surface area (Å²) in [6.07, 6.45) is 5.40. The minimum Gasteiger partial charge on any atom is -0.375 e. The third kappa shape index (κ3) is 3.93. The van der Waals surface area contributed by atoms with Gasteiger partial charge in [-0.1, -0.05) is 12.8 Å². The fourth-order valence-corrected chi connectivity index (χ4v) is 4.75. The van der Waals surface area contributed by atoms with Crippen molar-refractivity contribution in [3.8, 4) is 0 Å². The Kier molecular flexibility index (Phi) is 5.40. The van der Waals surface area contributed by atoms with Crippen LogP contribution in [-0.4, -0.2) is 57.3 Å². The molecule has 1 atom stereocenters. The van der Waals surface area contributed by atoms with Crippen molar-refractivity contribution in [2.24, 2.45) is 0 Å². The molecule has 0 unspecified atom stereocenters. The topological polar surface area (TPSA) is 75.7 Å². The maximum atomic E-state index is 12.4. The summed E-state index contributed by atoms with van der Waals surface area (Å²) in [7, 11) is -1.86. The van der Waals surface area contributed by atoms with Crippen molar-refractivity contribution in [1.82, 2.24) is 9.62 Å². The van der Waals surface area contributed by atoms with Crippen LogP contribution in [-0.2, 0) is 19.6 Å². The van der Waals surface area contributed by atoms with Crippen LogP contribution in [0, 0.1) is 0 Å². The zero-order valence-electron chi connectivity index (χ0n) is 12.0. The molecule has 7 heteroatoms. The van der Waals surface area contributed by atoms with Gasteiger partial charge in [0.15, 0.2) is 0 Å². The van der Waals surface area contributed by atoms with E-state index in [9.17, 15) is 13.2 Å². The van der Waals surface area contributed by atoms with Crippen LogP contribution in [0.15, 0.2) is 0 Å². The summed E-state index contributed by atoms with van der Waals surface area (Å²) in [6.45, 7) is 0.921. The van der Waals surface area contributed by atoms with E-state index in [2.05, 4.69) is 4.72 Å². The van der Waals surface area contributed by atoms with Gasteiger partial charge in [0.1, 0.15) is 6.61 Å². The molecule has 0 radical (unpaired) electrons. The molecule has 0 bridgehead atoms. The van der Waals surface area contributed by atoms with Crippen LogP contribution in [0.1, 0.15) is 38.5 Å². The molecule has 1 aliphatic heterocycles. The summed E-state index contributed by atoms with van der Waals surface area (Å²) >= 11 is 0. The second kappa shape index (κ2) is 6.87. The maximum absolute atomic E-state index is 12.4. The average Bonchev–Trinajstić information content (AvgIpc) is 2.91. The van der Waals surface area contributed by atoms with Gasteiger partial charge in [-0.2, -0.15) is 0 Å². The Morgan fingerprint density at radius 3 is 2.60 bits per heavy atom. The number of carbonyl (C=O) groups excluding carboxylic acids is 1. The van der Waals surface area contributed by atoms with Gasteiger partial charge in [0.05, 0.1) is 5.25 Å². The lowest BCUT2D eigenvalue weighted by Gasteiger charge is -2.33. The quantitative estimate of drug-likeness (QED) is 0.802. The van der Waals surface area contributed by atoms with Crippen molar-refractivity contribution >= 4 is 15.9 Å². The molecule has 116 valence electrons. The Morgan fingerprint density at radius 2 is 1.95 bits per heavy atom. The number of piperidine rings is 1. The van der Waals surface area contributed by atoms with E-state index in [0.717, 1.165) is 32.1 Å². The number of sulfonamides is 1. The summed E-state index contributed by atoms with van der Waals surface area (Å²) in [6, 6.07) is 0.0880. The summed E-state index contributed by atoms with van der Waals surface area (Å²) in [5, 5.41) is -0.488. The highest BCUT2D eigenvalue weighted by atomic mass is 32.2. The van der Waals surface area contributed by atoms with Crippen molar-refractivity contribution in [3.05, 3.63) is 0 Å². The van der Waals surface area contributed by atoms with E-state index in [1.807, 2.05) is 0 Å². The van der Waals surface area contributed by atoms with Crippen LogP contribution in [0.4, 0.5) is 0 Å². The number of nitrogens with one attached hydrogen (secondary N) is 1. The molecule has 0 aromatic heterocycles. The van der Waals surface area contributed by atoms with Crippen LogP contribution in [0.5, 0.6) is 0 Å². The zero-order chi connectivity index (χ0) is 14.6. The van der Waals surface area contributed by atoms with Crippen LogP contribution in [0.3, 0.4) is 0 Å². The second-order valence-electron chi connectivity index (χ2n) is 5.68. The zero-order valence-corrected chi connectivity index (χ0v) is 12.8. The summed E-state index contributed by atoms with van der Waals surface area (Å²) in [5.41, 5.74) is 0. The highest BCUT2D eigenvalue weighted by Crippen LogP contribution is 2.22. The number of amides is 1. The molecular weight excluding hydrogens is 280 g/mol. The first-order valence-electron chi connectivity index (χ1n) is 7.31. The van der Waals surface area contributed by atoms with E-state index < -0.39 is 15.3 Å². The van der Waals surface area contributed by atoms with Gasteiger partial charge in [0.2, 0.25) is 15.9 Å². The molecule has 0 aromatic carbocycles. The Hall–Kier alpha value is -0.660. The third-order valence-corrected chi connectivity index (χ3v) is 6.05. The molecule has 2 aliphatic rings. The van der Waals surface area contributed by atoms with Crippen molar-refractivity contribution in [3.63, 3.8) is 0 Å². The van der Waals surface area contributed by atoms with E-state index in [1.54, 1.807) is 4.90 Å². The minimum atomic E-state index is -3.33. The van der Waals surface area contributed by atoms with Gasteiger partial charge >= 0.3 is 0 Å². The van der Waals surface area contributed by atoms with Gasteiger partial charge in [0, 0.05) is 26.2 Å². The van der Waals surface area contributed by atoms with Crippen LogP contribution in [0.25, 0.3) is 0 Å². The predicted octanol–water partition coefficient (Wildman–Crippen LogP) is 0.486. The smallest absolute Gasteiger partial charge is 0.248 e. The Bertz CT molecular complexity index is 432. The normalized spacial score (nSPS) is 25.1. The Labute approximate surface area is 120 Å². The lowest BCUT2D eigenvalue weighted by Crippen LogP contribution is -2.50. The van der Waals surface area contributed by atoms with Crippen LogP contribution >= 0.6 is 0 Å². The predicted molar refractivity (Wildman–Crippen MR) is 75.8 cm³/mol. The highest BCUT2D eigenvalue weighted by molar-refractivity contribution is 7.90. The number of methoxy groups -OCH3 is 1. The summed E-state index contributed by atoms with van der Waals surface area (Å²) < 4.78 is 32.4. The molecule has 2 rings (SSSR count). The molecule has 1 heterocycles. The number of hydrogen-bond donors (Lipinski definition) is 1. The van der Waals surface area contributed by atoms with Crippen molar-refractivity contribution in [1.29, 1.82) is 0 Å². The minimum absolute atomic E-state index is 0.0167. The van der Waals surface area contributed by atoms with E-state index in [-0.39, 0.29) is 25.1 Å². The lowest BCUT2D eigenvalue weighted by atomic mass is 10.1. The first-order chi connectivity index (χ1) is 9.53. The molecule has 2 fully saturated rings. The van der Waals surface area contributed by atoms with E-state index in [1.165, 1.54) is 7.11 Å². The molecular formula is C13H24N2O4S. The number of likely N-dealkylation sites (tertiary alicyclic amines) is 1. The number of ether oxygens (including phenoxy) is 1.